The average molecular weight is 265 g/mol. The molecular weight excluding hydrogens is 254 g/mol. The van der Waals surface area contributed by atoms with Gasteiger partial charge in [-0.2, -0.15) is 0 Å². The molecule has 0 saturated carbocycles. The van der Waals surface area contributed by atoms with Gasteiger partial charge in [0, 0.05) is 18.5 Å². The van der Waals surface area contributed by atoms with Crippen LogP contribution < -0.4 is 0 Å². The lowest BCUT2D eigenvalue weighted by atomic mass is 10.1. The van der Waals surface area contributed by atoms with Gasteiger partial charge in [-0.1, -0.05) is 6.07 Å². The van der Waals surface area contributed by atoms with Crippen LogP contribution in [0.15, 0.2) is 40.6 Å². The molecule has 1 atom stereocenters. The van der Waals surface area contributed by atoms with E-state index < -0.39 is 11.0 Å². The summed E-state index contributed by atoms with van der Waals surface area (Å²) in [4.78, 5) is 17.9. The average Bonchev–Trinajstić information content (AvgIpc) is 2.81. The summed E-state index contributed by atoms with van der Waals surface area (Å²) in [6.07, 6.45) is 2.50. The summed E-state index contributed by atoms with van der Waals surface area (Å²) in [7, 11) is 0. The molecule has 1 heterocycles. The Bertz CT molecular complexity index is 555. The molecule has 0 unspecified atom stereocenters. The zero-order valence-electron chi connectivity index (χ0n) is 9.53. The molecule has 2 N–H and O–H groups in total. The number of nitro groups is 1. The lowest BCUT2D eigenvalue weighted by Crippen LogP contribution is -1.96. The number of aromatic amines is 1. The maximum Gasteiger partial charge on any atom is 0.283 e. The summed E-state index contributed by atoms with van der Waals surface area (Å²) >= 11 is 1.18. The Morgan fingerprint density at radius 3 is 2.89 bits per heavy atom. The number of nitrogens with one attached hydrogen (secondary N) is 1. The maximum absolute atomic E-state index is 11.0. The minimum atomic E-state index is -0.730. The van der Waals surface area contributed by atoms with Crippen molar-refractivity contribution in [1.29, 1.82) is 0 Å². The van der Waals surface area contributed by atoms with Gasteiger partial charge in [-0.15, -0.1) is 0 Å². The van der Waals surface area contributed by atoms with Crippen molar-refractivity contribution in [1.82, 2.24) is 9.97 Å². The number of H-pyrrole nitrogens is 1. The first kappa shape index (κ1) is 12.6. The van der Waals surface area contributed by atoms with E-state index in [4.69, 9.17) is 0 Å². The summed E-state index contributed by atoms with van der Waals surface area (Å²) in [6, 6.07) is 4.67. The van der Waals surface area contributed by atoms with E-state index in [1.54, 1.807) is 31.5 Å². The molecule has 0 aliphatic heterocycles. The molecule has 0 aliphatic rings. The number of nitro benzene ring substituents is 1. The molecule has 0 spiro atoms. The molecule has 6 nitrogen and oxygen atoms in total. The number of aliphatic hydroxyl groups is 1. The second-order valence-corrected chi connectivity index (χ2v) is 4.69. The van der Waals surface area contributed by atoms with E-state index in [0.29, 0.717) is 15.6 Å². The zero-order chi connectivity index (χ0) is 13.1. The van der Waals surface area contributed by atoms with Gasteiger partial charge in [0.2, 0.25) is 0 Å². The number of hydrogen-bond acceptors (Lipinski definition) is 5. The molecule has 2 rings (SSSR count). The molecule has 2 aromatic rings. The number of hydrogen-bond donors (Lipinski definition) is 2. The van der Waals surface area contributed by atoms with Crippen LogP contribution in [0, 0.1) is 10.1 Å². The molecule has 0 radical (unpaired) electrons. The van der Waals surface area contributed by atoms with E-state index in [2.05, 4.69) is 9.97 Å². The Hall–Kier alpha value is -1.86. The van der Waals surface area contributed by atoms with E-state index >= 15 is 0 Å². The molecular formula is C11H11N3O3S. The summed E-state index contributed by atoms with van der Waals surface area (Å²) in [5.41, 5.74) is 0.486. The lowest BCUT2D eigenvalue weighted by Gasteiger charge is -2.06. The normalized spacial score (nSPS) is 12.3. The van der Waals surface area contributed by atoms with Gasteiger partial charge >= 0.3 is 0 Å². The van der Waals surface area contributed by atoms with Crippen LogP contribution in [-0.2, 0) is 0 Å². The van der Waals surface area contributed by atoms with E-state index in [-0.39, 0.29) is 5.69 Å². The quantitative estimate of drug-likeness (QED) is 0.654. The minimum Gasteiger partial charge on any atom is -0.389 e. The number of aromatic nitrogens is 2. The highest BCUT2D eigenvalue weighted by Crippen LogP contribution is 2.34. The van der Waals surface area contributed by atoms with Crippen LogP contribution in [-0.4, -0.2) is 20.0 Å². The molecule has 1 aromatic carbocycles. The third-order valence-electron chi connectivity index (χ3n) is 2.34. The molecule has 0 bridgehead atoms. The Morgan fingerprint density at radius 1 is 1.56 bits per heavy atom. The zero-order valence-corrected chi connectivity index (χ0v) is 10.3. The van der Waals surface area contributed by atoms with Gasteiger partial charge in [0.25, 0.3) is 5.69 Å². The van der Waals surface area contributed by atoms with Gasteiger partial charge in [-0.25, -0.2) is 4.98 Å². The van der Waals surface area contributed by atoms with Crippen LogP contribution in [0.3, 0.4) is 0 Å². The van der Waals surface area contributed by atoms with Gasteiger partial charge in [0.15, 0.2) is 5.16 Å². The Balaban J connectivity index is 2.37. The summed E-state index contributed by atoms with van der Waals surface area (Å²) in [5.74, 6) is 0. The molecule has 7 heteroatoms. The van der Waals surface area contributed by atoms with Crippen LogP contribution in [0.5, 0.6) is 0 Å². The standard InChI is InChI=1S/C11H11N3O3S/c1-7(15)8-2-3-10(9(6-8)14(16)17)18-11-12-4-5-13-11/h2-7,15H,1H3,(H,12,13)/t7-/m0/s1. The molecule has 0 fully saturated rings. The summed E-state index contributed by atoms with van der Waals surface area (Å²) in [6.45, 7) is 1.57. The SMILES string of the molecule is C[C@H](O)c1ccc(Sc2ncc[nH]2)c([N+](=O)[O-])c1. The van der Waals surface area contributed by atoms with Crippen molar-refractivity contribution >= 4 is 17.4 Å². The third kappa shape index (κ3) is 2.69. The highest BCUT2D eigenvalue weighted by molar-refractivity contribution is 7.99. The van der Waals surface area contributed by atoms with Crippen molar-refractivity contribution in [3.63, 3.8) is 0 Å². The monoisotopic (exact) mass is 265 g/mol. The highest BCUT2D eigenvalue weighted by atomic mass is 32.2. The maximum atomic E-state index is 11.0. The Morgan fingerprint density at radius 2 is 2.33 bits per heavy atom. The predicted octanol–water partition coefficient (Wildman–Crippen LogP) is 2.52. The van der Waals surface area contributed by atoms with E-state index in [1.807, 2.05) is 0 Å². The van der Waals surface area contributed by atoms with E-state index in [9.17, 15) is 15.2 Å². The minimum absolute atomic E-state index is 0.0326. The second-order valence-electron chi connectivity index (χ2n) is 3.66. The smallest absolute Gasteiger partial charge is 0.283 e. The molecule has 0 saturated heterocycles. The van der Waals surface area contributed by atoms with Crippen LogP contribution in [0.25, 0.3) is 0 Å². The van der Waals surface area contributed by atoms with Crippen molar-refractivity contribution in [2.45, 2.75) is 23.1 Å². The molecule has 1 aromatic heterocycles. The highest BCUT2D eigenvalue weighted by Gasteiger charge is 2.17. The van der Waals surface area contributed by atoms with E-state index in [0.717, 1.165) is 0 Å². The van der Waals surface area contributed by atoms with Crippen molar-refractivity contribution in [3.8, 4) is 0 Å². The fourth-order valence-corrected chi connectivity index (χ4v) is 2.26. The van der Waals surface area contributed by atoms with Crippen molar-refractivity contribution in [2.75, 3.05) is 0 Å². The molecule has 0 amide bonds. The van der Waals surface area contributed by atoms with Crippen LogP contribution >= 0.6 is 11.8 Å². The topological polar surface area (TPSA) is 92.1 Å². The van der Waals surface area contributed by atoms with E-state index in [1.165, 1.54) is 17.8 Å². The van der Waals surface area contributed by atoms with Gasteiger partial charge in [-0.05, 0) is 30.3 Å². The van der Waals surface area contributed by atoms with Crippen molar-refractivity contribution in [3.05, 3.63) is 46.3 Å². The fourth-order valence-electron chi connectivity index (χ4n) is 1.43. The molecule has 94 valence electrons. The number of rotatable bonds is 4. The lowest BCUT2D eigenvalue weighted by molar-refractivity contribution is -0.387. The van der Waals surface area contributed by atoms with Crippen LogP contribution in [0.4, 0.5) is 5.69 Å². The molecule has 0 aliphatic carbocycles. The number of aliphatic hydroxyl groups excluding tert-OH is 1. The van der Waals surface area contributed by atoms with Gasteiger partial charge in [0.1, 0.15) is 0 Å². The van der Waals surface area contributed by atoms with Gasteiger partial charge in [-0.3, -0.25) is 10.1 Å². The summed E-state index contributed by atoms with van der Waals surface area (Å²) in [5, 5.41) is 21.0. The Labute approximate surface area is 107 Å². The number of benzene rings is 1. The van der Waals surface area contributed by atoms with Crippen molar-refractivity contribution in [2.24, 2.45) is 0 Å². The number of nitrogens with zero attached hydrogens (tertiary/aromatic N) is 2. The summed E-state index contributed by atoms with van der Waals surface area (Å²) < 4.78 is 0. The first-order valence-corrected chi connectivity index (χ1v) is 6.03. The largest absolute Gasteiger partial charge is 0.389 e. The predicted molar refractivity (Wildman–Crippen MR) is 66.4 cm³/mol. The Kier molecular flexibility index (Phi) is 3.63. The van der Waals surface area contributed by atoms with Crippen LogP contribution in [0.2, 0.25) is 0 Å². The third-order valence-corrected chi connectivity index (χ3v) is 3.32. The first-order valence-electron chi connectivity index (χ1n) is 5.21. The number of imidazole rings is 1. The van der Waals surface area contributed by atoms with Crippen molar-refractivity contribution < 1.29 is 10.0 Å². The van der Waals surface area contributed by atoms with Gasteiger partial charge < -0.3 is 10.1 Å². The van der Waals surface area contributed by atoms with Crippen LogP contribution in [0.1, 0.15) is 18.6 Å². The van der Waals surface area contributed by atoms with Gasteiger partial charge in [0.05, 0.1) is 15.9 Å². The molecule has 18 heavy (non-hydrogen) atoms. The second kappa shape index (κ2) is 5.19. The fraction of sp³-hybridized carbons (Fsp3) is 0.182. The first-order chi connectivity index (χ1) is 8.58.